The number of carbonyl (C=O) groups is 2. The molecule has 0 saturated carbocycles. The number of ketones is 1. The monoisotopic (exact) mass is 208 g/mol. The highest BCUT2D eigenvalue weighted by atomic mass is 16.4. The number of aliphatic carboxylic acids is 1. The molecular weight excluding hydrogens is 192 g/mol. The van der Waals surface area contributed by atoms with Gasteiger partial charge in [-0.05, 0) is 29.9 Å². The van der Waals surface area contributed by atoms with E-state index in [1.54, 1.807) is 13.0 Å². The summed E-state index contributed by atoms with van der Waals surface area (Å²) in [7, 11) is 0. The summed E-state index contributed by atoms with van der Waals surface area (Å²) < 4.78 is 0. The molecule has 0 unspecified atom stereocenters. The molecule has 1 aliphatic carbocycles. The summed E-state index contributed by atoms with van der Waals surface area (Å²) >= 11 is 0. The van der Waals surface area contributed by atoms with Gasteiger partial charge in [0.25, 0.3) is 0 Å². The fourth-order valence-electron chi connectivity index (χ4n) is 1.91. The first-order valence-electron chi connectivity index (χ1n) is 5.00. The fraction of sp³-hybridized carbons (Fsp3) is 0.500. The van der Waals surface area contributed by atoms with Crippen LogP contribution in [0, 0.1) is 5.41 Å². The van der Waals surface area contributed by atoms with Crippen LogP contribution in [0.1, 0.15) is 33.6 Å². The number of allylic oxidation sites excluding steroid dienone is 3. The van der Waals surface area contributed by atoms with Gasteiger partial charge >= 0.3 is 5.97 Å². The molecule has 0 aromatic carbocycles. The van der Waals surface area contributed by atoms with Gasteiger partial charge in [0, 0.05) is 12.5 Å². The van der Waals surface area contributed by atoms with Crippen molar-refractivity contribution in [1.82, 2.24) is 0 Å². The molecule has 3 heteroatoms. The first-order chi connectivity index (χ1) is 6.84. The van der Waals surface area contributed by atoms with Crippen molar-refractivity contribution in [3.05, 3.63) is 23.3 Å². The van der Waals surface area contributed by atoms with Gasteiger partial charge in [0.05, 0.1) is 0 Å². The Bertz CT molecular complexity index is 359. The molecule has 0 aliphatic heterocycles. The normalized spacial score (nSPS) is 21.1. The van der Waals surface area contributed by atoms with Crippen molar-refractivity contribution in [2.24, 2.45) is 5.41 Å². The van der Waals surface area contributed by atoms with Gasteiger partial charge in [-0.2, -0.15) is 0 Å². The minimum Gasteiger partial charge on any atom is -0.478 e. The Morgan fingerprint density at radius 1 is 1.47 bits per heavy atom. The Morgan fingerprint density at radius 2 is 2.07 bits per heavy atom. The van der Waals surface area contributed by atoms with E-state index < -0.39 is 5.97 Å². The average Bonchev–Trinajstić information content (AvgIpc) is 2.11. The van der Waals surface area contributed by atoms with E-state index in [-0.39, 0.29) is 11.2 Å². The SMILES string of the molecule is CC1=C(C=CC(=O)O)C(C)(C)CCC1=O. The predicted molar refractivity (Wildman–Crippen MR) is 57.5 cm³/mol. The Labute approximate surface area is 89.5 Å². The number of carboxylic acid groups (broad SMARTS) is 1. The van der Waals surface area contributed by atoms with E-state index in [0.29, 0.717) is 12.0 Å². The van der Waals surface area contributed by atoms with Crippen LogP contribution >= 0.6 is 0 Å². The number of carbonyl (C=O) groups excluding carboxylic acids is 1. The van der Waals surface area contributed by atoms with Gasteiger partial charge in [-0.15, -0.1) is 0 Å². The van der Waals surface area contributed by atoms with Crippen LogP contribution in [0.2, 0.25) is 0 Å². The molecule has 3 nitrogen and oxygen atoms in total. The van der Waals surface area contributed by atoms with Gasteiger partial charge in [-0.1, -0.05) is 19.9 Å². The molecule has 1 rings (SSSR count). The number of hydrogen-bond acceptors (Lipinski definition) is 2. The van der Waals surface area contributed by atoms with Crippen molar-refractivity contribution < 1.29 is 14.7 Å². The molecular formula is C12H16O3. The van der Waals surface area contributed by atoms with Crippen LogP contribution < -0.4 is 0 Å². The lowest BCUT2D eigenvalue weighted by molar-refractivity contribution is -0.131. The van der Waals surface area contributed by atoms with Crippen molar-refractivity contribution in [2.75, 3.05) is 0 Å². The molecule has 0 spiro atoms. The first kappa shape index (κ1) is 11.7. The number of hydrogen-bond donors (Lipinski definition) is 1. The van der Waals surface area contributed by atoms with Gasteiger partial charge in [0.15, 0.2) is 5.78 Å². The second kappa shape index (κ2) is 4.01. The topological polar surface area (TPSA) is 54.4 Å². The van der Waals surface area contributed by atoms with Gasteiger partial charge in [-0.3, -0.25) is 4.79 Å². The zero-order chi connectivity index (χ0) is 11.6. The van der Waals surface area contributed by atoms with Crippen LogP contribution in [-0.4, -0.2) is 16.9 Å². The van der Waals surface area contributed by atoms with Gasteiger partial charge < -0.3 is 5.11 Å². The average molecular weight is 208 g/mol. The van der Waals surface area contributed by atoms with Gasteiger partial charge in [0.1, 0.15) is 0 Å². The smallest absolute Gasteiger partial charge is 0.328 e. The molecule has 15 heavy (non-hydrogen) atoms. The van der Waals surface area contributed by atoms with E-state index >= 15 is 0 Å². The van der Waals surface area contributed by atoms with Gasteiger partial charge in [0.2, 0.25) is 0 Å². The third-order valence-corrected chi connectivity index (χ3v) is 2.92. The maximum Gasteiger partial charge on any atom is 0.328 e. The maximum atomic E-state index is 11.5. The Hall–Kier alpha value is -1.38. The number of Topliss-reactive ketones (excluding diaryl/α,β-unsaturated/α-hetero) is 1. The second-order valence-electron chi connectivity index (χ2n) is 4.52. The standard InChI is InChI=1S/C12H16O3/c1-8-9(4-5-11(14)15)12(2,3)7-6-10(8)13/h4-5H,6-7H2,1-3H3,(H,14,15). The molecule has 0 heterocycles. The molecule has 1 aliphatic rings. The van der Waals surface area contributed by atoms with E-state index in [4.69, 9.17) is 5.11 Å². The van der Waals surface area contributed by atoms with Crippen molar-refractivity contribution in [3.63, 3.8) is 0 Å². The van der Waals surface area contributed by atoms with Crippen molar-refractivity contribution in [1.29, 1.82) is 0 Å². The molecule has 0 saturated heterocycles. The molecule has 0 amide bonds. The minimum atomic E-state index is -0.982. The molecule has 82 valence electrons. The minimum absolute atomic E-state index is 0.107. The summed E-state index contributed by atoms with van der Waals surface area (Å²) in [5.41, 5.74) is 1.44. The predicted octanol–water partition coefficient (Wildman–Crippen LogP) is 2.33. The third-order valence-electron chi connectivity index (χ3n) is 2.92. The van der Waals surface area contributed by atoms with Crippen LogP contribution in [0.25, 0.3) is 0 Å². The van der Waals surface area contributed by atoms with Crippen molar-refractivity contribution >= 4 is 11.8 Å². The first-order valence-corrected chi connectivity index (χ1v) is 5.00. The number of rotatable bonds is 2. The molecule has 0 aromatic heterocycles. The molecule has 0 aromatic rings. The zero-order valence-corrected chi connectivity index (χ0v) is 9.33. The lowest BCUT2D eigenvalue weighted by atomic mass is 9.72. The summed E-state index contributed by atoms with van der Waals surface area (Å²) in [6.07, 6.45) is 3.99. The van der Waals surface area contributed by atoms with Gasteiger partial charge in [-0.25, -0.2) is 4.79 Å². The van der Waals surface area contributed by atoms with Crippen molar-refractivity contribution in [2.45, 2.75) is 33.6 Å². The van der Waals surface area contributed by atoms with E-state index in [2.05, 4.69) is 0 Å². The van der Waals surface area contributed by atoms with Crippen LogP contribution in [0.3, 0.4) is 0 Å². The summed E-state index contributed by atoms with van der Waals surface area (Å²) in [4.78, 5) is 21.9. The Morgan fingerprint density at radius 3 is 2.60 bits per heavy atom. The van der Waals surface area contributed by atoms with Crippen LogP contribution in [-0.2, 0) is 9.59 Å². The highest BCUT2D eigenvalue weighted by molar-refractivity contribution is 5.97. The lowest BCUT2D eigenvalue weighted by Crippen LogP contribution is -2.24. The highest BCUT2D eigenvalue weighted by Crippen LogP contribution is 2.39. The van der Waals surface area contributed by atoms with Crippen LogP contribution in [0.4, 0.5) is 0 Å². The summed E-state index contributed by atoms with van der Waals surface area (Å²) in [5, 5.41) is 8.57. The summed E-state index contributed by atoms with van der Waals surface area (Å²) in [6, 6.07) is 0. The highest BCUT2D eigenvalue weighted by Gasteiger charge is 2.30. The molecule has 0 radical (unpaired) electrons. The Kier molecular flexibility index (Phi) is 3.12. The molecule has 0 fully saturated rings. The van der Waals surface area contributed by atoms with Crippen LogP contribution in [0.5, 0.6) is 0 Å². The van der Waals surface area contributed by atoms with Crippen molar-refractivity contribution in [3.8, 4) is 0 Å². The maximum absolute atomic E-state index is 11.5. The quantitative estimate of drug-likeness (QED) is 0.708. The van der Waals surface area contributed by atoms with E-state index in [0.717, 1.165) is 18.1 Å². The van der Waals surface area contributed by atoms with Crippen LogP contribution in [0.15, 0.2) is 23.3 Å². The largest absolute Gasteiger partial charge is 0.478 e. The Balaban J connectivity index is 3.12. The second-order valence-corrected chi connectivity index (χ2v) is 4.52. The zero-order valence-electron chi connectivity index (χ0n) is 9.33. The van der Waals surface area contributed by atoms with E-state index in [9.17, 15) is 9.59 Å². The molecule has 0 atom stereocenters. The molecule has 1 N–H and O–H groups in total. The van der Waals surface area contributed by atoms with E-state index in [1.165, 1.54) is 0 Å². The fourth-order valence-corrected chi connectivity index (χ4v) is 1.91. The summed E-state index contributed by atoms with van der Waals surface area (Å²) in [5.74, 6) is -0.858. The third kappa shape index (κ3) is 2.55. The van der Waals surface area contributed by atoms with E-state index in [1.807, 2.05) is 13.8 Å². The number of carboxylic acids is 1. The summed E-state index contributed by atoms with van der Waals surface area (Å²) in [6.45, 7) is 5.83. The molecule has 0 bridgehead atoms. The lowest BCUT2D eigenvalue weighted by Gasteiger charge is -2.31.